The number of aliphatic carboxylic acids is 2. The van der Waals surface area contributed by atoms with Gasteiger partial charge in [0.1, 0.15) is 85.5 Å². The van der Waals surface area contributed by atoms with Gasteiger partial charge in [0.2, 0.25) is 11.8 Å². The number of aliphatic hydroxyl groups excluding tert-OH is 8. The van der Waals surface area contributed by atoms with Crippen molar-refractivity contribution in [1.29, 1.82) is 0 Å². The number of hydrogen-bond donors (Lipinski definition) is 12. The number of unbranched alkanes of at least 4 members (excludes halogenated alkanes) is 1. The van der Waals surface area contributed by atoms with Gasteiger partial charge in [-0.3, -0.25) is 9.59 Å². The maximum absolute atomic E-state index is 12.1. The van der Waals surface area contributed by atoms with Crippen molar-refractivity contribution in [3.63, 3.8) is 0 Å². The predicted octanol–water partition coefficient (Wildman–Crippen LogP) is -6.28. The Morgan fingerprint density at radius 1 is 0.557 bits per heavy atom. The third kappa shape index (κ3) is 16.0. The van der Waals surface area contributed by atoms with Crippen molar-refractivity contribution in [1.82, 2.24) is 10.6 Å². The first-order valence-corrected chi connectivity index (χ1v) is 22.9. The number of nitrogens with one attached hydrogen (secondary N) is 2. The molecule has 406 valence electrons. The summed E-state index contributed by atoms with van der Waals surface area (Å²) in [5, 5.41) is 110. The van der Waals surface area contributed by atoms with E-state index in [4.69, 9.17) is 56.8 Å². The molecule has 10 unspecified atom stereocenters. The fraction of sp³-hybridized carbons (Fsp3) is 0.905. The number of amides is 2. The van der Waals surface area contributed by atoms with Crippen LogP contribution in [0.1, 0.15) is 40.5 Å². The molecular formula is C42H72N2O26. The molecule has 4 fully saturated rings. The van der Waals surface area contributed by atoms with Crippen LogP contribution >= 0.6 is 0 Å². The highest BCUT2D eigenvalue weighted by Gasteiger charge is 2.55. The van der Waals surface area contributed by atoms with E-state index in [0.29, 0.717) is 12.8 Å². The summed E-state index contributed by atoms with van der Waals surface area (Å²) in [7, 11) is 2.28. The number of carbonyl (C=O) groups excluding carboxylic acids is 2. The second-order valence-electron chi connectivity index (χ2n) is 17.5. The van der Waals surface area contributed by atoms with E-state index in [1.807, 2.05) is 0 Å². The van der Waals surface area contributed by atoms with Crippen molar-refractivity contribution < 1.29 is 127 Å². The van der Waals surface area contributed by atoms with Gasteiger partial charge in [-0.1, -0.05) is 0 Å². The molecule has 0 saturated carbocycles. The van der Waals surface area contributed by atoms with Crippen molar-refractivity contribution in [3.8, 4) is 0 Å². The van der Waals surface area contributed by atoms with E-state index in [0.717, 1.165) is 14.2 Å². The maximum atomic E-state index is 12.1. The molecule has 0 radical (unpaired) electrons. The first-order chi connectivity index (χ1) is 33.1. The molecule has 2 amide bonds. The second kappa shape index (κ2) is 28.5. The number of carboxylic acids is 2. The average Bonchev–Trinajstić information content (AvgIpc) is 3.29. The minimum Gasteiger partial charge on any atom is -0.479 e. The van der Waals surface area contributed by atoms with Crippen LogP contribution in [0.15, 0.2) is 0 Å². The third-order valence-corrected chi connectivity index (χ3v) is 12.1. The van der Waals surface area contributed by atoms with E-state index in [-0.39, 0.29) is 39.6 Å². The number of aliphatic hydroxyl groups is 8. The Kier molecular flexibility index (Phi) is 24.3. The summed E-state index contributed by atoms with van der Waals surface area (Å²) >= 11 is 0. The lowest BCUT2D eigenvalue weighted by Crippen LogP contribution is -2.68. The smallest absolute Gasteiger partial charge is 0.335 e. The van der Waals surface area contributed by atoms with E-state index in [9.17, 15) is 70.2 Å². The molecule has 4 aliphatic rings. The Balaban J connectivity index is 1.18. The molecule has 0 spiro atoms. The van der Waals surface area contributed by atoms with Crippen LogP contribution in [-0.4, -0.2) is 276 Å². The molecule has 12 N–H and O–H groups in total. The molecule has 0 aromatic carbocycles. The molecule has 28 heteroatoms. The van der Waals surface area contributed by atoms with Gasteiger partial charge < -0.3 is 119 Å². The van der Waals surface area contributed by atoms with E-state index < -0.39 is 172 Å². The Morgan fingerprint density at radius 3 is 1.49 bits per heavy atom. The van der Waals surface area contributed by atoms with Crippen molar-refractivity contribution >= 4 is 23.8 Å². The van der Waals surface area contributed by atoms with Gasteiger partial charge in [0.15, 0.2) is 24.8 Å². The zero-order valence-corrected chi connectivity index (χ0v) is 39.8. The van der Waals surface area contributed by atoms with Gasteiger partial charge in [-0.2, -0.15) is 0 Å². The zero-order chi connectivity index (χ0) is 52.0. The zero-order valence-electron chi connectivity index (χ0n) is 39.8. The first-order valence-electron chi connectivity index (χ1n) is 22.9. The molecule has 0 aromatic heterocycles. The van der Waals surface area contributed by atoms with Crippen LogP contribution < -0.4 is 10.6 Å². The van der Waals surface area contributed by atoms with Gasteiger partial charge in [-0.15, -0.1) is 0 Å². The van der Waals surface area contributed by atoms with Gasteiger partial charge in [0.25, 0.3) is 0 Å². The summed E-state index contributed by atoms with van der Waals surface area (Å²) in [5.74, 6) is -4.03. The maximum Gasteiger partial charge on any atom is 0.335 e. The van der Waals surface area contributed by atoms with Crippen LogP contribution in [0.4, 0.5) is 0 Å². The first kappa shape index (κ1) is 59.6. The Labute approximate surface area is 403 Å². The molecule has 0 aliphatic carbocycles. The topological polar surface area (TPSA) is 405 Å². The predicted molar refractivity (Wildman–Crippen MR) is 228 cm³/mol. The number of hydrogen-bond acceptors (Lipinski definition) is 24. The SMILES string of the molecule is CO[C@@H]1C(C(=O)O)O[C@@H](O[C@@H]2C(NC(C)=O)[C@@H](C)OC(COCC(O)COCCCCOCC(O)COC3[C@H](O[C@@H]4C(NC(C)=O)[C@@H](C)OC(CO)[C@H]4O)OC(C(=O)O)[C@@H](OC)[C@@H]3O)[C@H]2O)C(O)[C@H]1O. The molecule has 22 atom stereocenters. The Bertz CT molecular complexity index is 1620. The van der Waals surface area contributed by atoms with Crippen molar-refractivity contribution in [3.05, 3.63) is 0 Å². The Hall–Kier alpha value is -2.92. The van der Waals surface area contributed by atoms with Crippen LogP contribution in [0.25, 0.3) is 0 Å². The molecule has 4 saturated heterocycles. The average molecular weight is 1020 g/mol. The second-order valence-corrected chi connectivity index (χ2v) is 17.5. The molecule has 4 rings (SSSR count). The van der Waals surface area contributed by atoms with Crippen molar-refractivity contribution in [2.45, 2.75) is 175 Å². The summed E-state index contributed by atoms with van der Waals surface area (Å²) in [6.45, 7) is 3.97. The number of carbonyl (C=O) groups is 4. The number of rotatable bonds is 27. The van der Waals surface area contributed by atoms with Gasteiger partial charge in [0.05, 0.1) is 63.9 Å². The fourth-order valence-corrected chi connectivity index (χ4v) is 8.53. The Morgan fingerprint density at radius 2 is 1.00 bits per heavy atom. The fourth-order valence-electron chi connectivity index (χ4n) is 8.53. The summed E-state index contributed by atoms with van der Waals surface area (Å²) in [6, 6.07) is -2.03. The van der Waals surface area contributed by atoms with Gasteiger partial charge in [0, 0.05) is 41.3 Å². The lowest BCUT2D eigenvalue weighted by Gasteiger charge is -2.48. The number of methoxy groups -OCH3 is 2. The van der Waals surface area contributed by atoms with Crippen LogP contribution in [-0.2, 0) is 76.0 Å². The standard InChI is InChI=1S/C42H72N2O26/c1-17-25(43-19(3)46)32(27(50)23(11-45)65-17)68-42-36(31(54)35(60-6)38(70-42)40(57)58)64-15-22(49)13-62-10-8-7-9-61-12-21(48)14-63-16-24-28(51)33(26(18(2)66-24)44-20(4)47)67-41-30(53)29(52)34(59-5)37(69-41)39(55)56/h17-18,21-38,41-42,45,48-54H,7-16H2,1-6H3,(H,43,46)(H,44,47)(H,55,56)(H,57,58)/t17-,18-,21?,22?,23?,24?,25?,26?,27-,28-,29-,30?,31+,32-,33-,34+,35+,36?,37?,38?,41-,42-/m1/s1. The minimum absolute atomic E-state index is 0.134. The summed E-state index contributed by atoms with van der Waals surface area (Å²) in [5.41, 5.74) is 0. The molecule has 0 aromatic rings. The van der Waals surface area contributed by atoms with Crippen LogP contribution in [0.2, 0.25) is 0 Å². The summed E-state index contributed by atoms with van der Waals surface area (Å²) in [4.78, 5) is 48.0. The lowest BCUT2D eigenvalue weighted by atomic mass is 9.92. The summed E-state index contributed by atoms with van der Waals surface area (Å²) in [6.07, 6.45) is -27.6. The van der Waals surface area contributed by atoms with Gasteiger partial charge in [-0.25, -0.2) is 9.59 Å². The quantitative estimate of drug-likeness (QED) is 0.0341. The van der Waals surface area contributed by atoms with E-state index in [2.05, 4.69) is 10.6 Å². The van der Waals surface area contributed by atoms with Crippen molar-refractivity contribution in [2.24, 2.45) is 0 Å². The summed E-state index contributed by atoms with van der Waals surface area (Å²) < 4.78 is 67.1. The van der Waals surface area contributed by atoms with E-state index in [1.54, 1.807) is 13.8 Å². The highest BCUT2D eigenvalue weighted by atomic mass is 16.7. The van der Waals surface area contributed by atoms with Gasteiger partial charge >= 0.3 is 11.9 Å². The lowest BCUT2D eigenvalue weighted by molar-refractivity contribution is -0.335. The van der Waals surface area contributed by atoms with E-state index >= 15 is 0 Å². The number of ether oxygens (including phenoxy) is 12. The molecule has 70 heavy (non-hydrogen) atoms. The van der Waals surface area contributed by atoms with Crippen LogP contribution in [0.5, 0.6) is 0 Å². The van der Waals surface area contributed by atoms with Crippen molar-refractivity contribution in [2.75, 3.05) is 67.1 Å². The highest BCUT2D eigenvalue weighted by molar-refractivity contribution is 5.74. The molecule has 4 heterocycles. The highest BCUT2D eigenvalue weighted by Crippen LogP contribution is 2.33. The number of carboxylic acid groups (broad SMARTS) is 2. The molecule has 4 aliphatic heterocycles. The largest absolute Gasteiger partial charge is 0.479 e. The molecular weight excluding hydrogens is 948 g/mol. The molecule has 0 bridgehead atoms. The van der Waals surface area contributed by atoms with Gasteiger partial charge in [-0.05, 0) is 26.7 Å². The molecule has 28 nitrogen and oxygen atoms in total. The third-order valence-electron chi connectivity index (χ3n) is 12.1. The van der Waals surface area contributed by atoms with Crippen LogP contribution in [0, 0.1) is 0 Å². The minimum atomic E-state index is -1.80. The van der Waals surface area contributed by atoms with E-state index in [1.165, 1.54) is 13.8 Å². The van der Waals surface area contributed by atoms with Crippen LogP contribution in [0.3, 0.4) is 0 Å². The normalized spacial score (nSPS) is 38.9. The monoisotopic (exact) mass is 1020 g/mol.